The Balaban J connectivity index is 0.00000225. The van der Waals surface area contributed by atoms with Gasteiger partial charge in [-0.3, -0.25) is 9.78 Å². The van der Waals surface area contributed by atoms with E-state index in [4.69, 9.17) is 4.84 Å². The highest BCUT2D eigenvalue weighted by Crippen LogP contribution is 2.00. The van der Waals surface area contributed by atoms with Crippen LogP contribution in [0.25, 0.3) is 0 Å². The van der Waals surface area contributed by atoms with Gasteiger partial charge in [0, 0.05) is 18.8 Å². The summed E-state index contributed by atoms with van der Waals surface area (Å²) < 4.78 is 0. The van der Waals surface area contributed by atoms with Crippen molar-refractivity contribution in [1.29, 1.82) is 0 Å². The Morgan fingerprint density at radius 3 is 2.88 bits per heavy atom. The molecule has 0 fully saturated rings. The number of halogens is 1. The van der Waals surface area contributed by atoms with Gasteiger partial charge in [0.2, 0.25) is 0 Å². The maximum absolute atomic E-state index is 11.1. The first-order chi connectivity index (χ1) is 7.18. The summed E-state index contributed by atoms with van der Waals surface area (Å²) in [5.41, 5.74) is 3.60. The number of carbonyl (C=O) groups is 1. The maximum Gasteiger partial charge on any atom is 0.325 e. The summed E-state index contributed by atoms with van der Waals surface area (Å²) in [6.45, 7) is 4.43. The summed E-state index contributed by atoms with van der Waals surface area (Å²) in [7, 11) is 0. The number of pyridine rings is 1. The molecule has 0 saturated heterocycles. The third kappa shape index (κ3) is 6.37. The highest BCUT2D eigenvalue weighted by atomic mass is 35.5. The molecular formula is C11H17ClN2O2. The van der Waals surface area contributed by atoms with Crippen LogP contribution < -0.4 is 5.48 Å². The second-order valence-electron chi connectivity index (χ2n) is 3.75. The van der Waals surface area contributed by atoms with E-state index in [1.807, 2.05) is 26.0 Å². The molecule has 1 rings (SSSR count). The Bertz CT molecular complexity index is 304. The van der Waals surface area contributed by atoms with Gasteiger partial charge in [0.1, 0.15) is 0 Å². The van der Waals surface area contributed by atoms with Crippen molar-refractivity contribution in [3.05, 3.63) is 30.1 Å². The zero-order chi connectivity index (χ0) is 11.1. The van der Waals surface area contributed by atoms with Crippen LogP contribution in [0.5, 0.6) is 0 Å². The lowest BCUT2D eigenvalue weighted by molar-refractivity contribution is -0.152. The molecule has 0 unspecified atom stereocenters. The molecule has 4 nitrogen and oxygen atoms in total. The van der Waals surface area contributed by atoms with E-state index in [-0.39, 0.29) is 18.4 Å². The molecule has 0 spiro atoms. The first kappa shape index (κ1) is 14.9. The van der Waals surface area contributed by atoms with Gasteiger partial charge in [-0.15, -0.1) is 17.9 Å². The SMILES string of the molecule is CC(C)CC(=O)ONCc1cccnc1.Cl. The number of rotatable bonds is 5. The van der Waals surface area contributed by atoms with Gasteiger partial charge in [0.15, 0.2) is 0 Å². The van der Waals surface area contributed by atoms with Crippen LogP contribution in [-0.2, 0) is 16.2 Å². The summed E-state index contributed by atoms with van der Waals surface area (Å²) in [5.74, 6) is 0.0894. The van der Waals surface area contributed by atoms with E-state index in [1.165, 1.54) is 0 Å². The number of hydroxylamine groups is 1. The molecule has 0 aliphatic rings. The quantitative estimate of drug-likeness (QED) is 0.806. The van der Waals surface area contributed by atoms with E-state index < -0.39 is 0 Å². The van der Waals surface area contributed by atoms with Crippen molar-refractivity contribution < 1.29 is 9.63 Å². The Labute approximate surface area is 102 Å². The molecule has 0 aliphatic heterocycles. The zero-order valence-corrected chi connectivity index (χ0v) is 10.3. The summed E-state index contributed by atoms with van der Waals surface area (Å²) in [5, 5.41) is 0. The van der Waals surface area contributed by atoms with Crippen LogP contribution in [0.2, 0.25) is 0 Å². The minimum atomic E-state index is -0.228. The van der Waals surface area contributed by atoms with Gasteiger partial charge in [-0.05, 0) is 17.5 Å². The van der Waals surface area contributed by atoms with Gasteiger partial charge in [0.05, 0.1) is 6.54 Å². The Kier molecular flexibility index (Phi) is 7.50. The third-order valence-corrected chi connectivity index (χ3v) is 1.76. The number of nitrogens with zero attached hydrogens (tertiary/aromatic N) is 1. The van der Waals surface area contributed by atoms with Crippen LogP contribution in [0.15, 0.2) is 24.5 Å². The van der Waals surface area contributed by atoms with Gasteiger partial charge in [0.25, 0.3) is 0 Å². The molecule has 90 valence electrons. The van der Waals surface area contributed by atoms with E-state index in [2.05, 4.69) is 10.5 Å². The molecule has 1 aromatic rings. The Morgan fingerprint density at radius 2 is 2.31 bits per heavy atom. The fourth-order valence-electron chi connectivity index (χ4n) is 1.08. The molecule has 1 heterocycles. The smallest absolute Gasteiger partial charge is 0.325 e. The fourth-order valence-corrected chi connectivity index (χ4v) is 1.08. The lowest BCUT2D eigenvalue weighted by Gasteiger charge is -2.06. The molecule has 0 radical (unpaired) electrons. The average molecular weight is 245 g/mol. The summed E-state index contributed by atoms with van der Waals surface area (Å²) >= 11 is 0. The van der Waals surface area contributed by atoms with Crippen molar-refractivity contribution in [2.75, 3.05) is 0 Å². The topological polar surface area (TPSA) is 51.2 Å². The van der Waals surface area contributed by atoms with Gasteiger partial charge in [-0.2, -0.15) is 0 Å². The molecule has 0 atom stereocenters. The summed E-state index contributed by atoms with van der Waals surface area (Å²) in [4.78, 5) is 19.9. The predicted molar refractivity (Wildman–Crippen MR) is 63.9 cm³/mol. The first-order valence-electron chi connectivity index (χ1n) is 5.00. The Morgan fingerprint density at radius 1 is 1.56 bits per heavy atom. The molecule has 0 aromatic carbocycles. The van der Waals surface area contributed by atoms with E-state index >= 15 is 0 Å². The van der Waals surface area contributed by atoms with Crippen LogP contribution in [0.4, 0.5) is 0 Å². The molecular weight excluding hydrogens is 228 g/mol. The molecule has 0 amide bonds. The molecule has 16 heavy (non-hydrogen) atoms. The normalized spacial score (nSPS) is 9.69. The summed E-state index contributed by atoms with van der Waals surface area (Å²) in [6, 6.07) is 3.75. The van der Waals surface area contributed by atoms with E-state index in [9.17, 15) is 4.79 Å². The van der Waals surface area contributed by atoms with Gasteiger partial charge >= 0.3 is 5.97 Å². The second-order valence-corrected chi connectivity index (χ2v) is 3.75. The number of hydrogen-bond acceptors (Lipinski definition) is 4. The van der Waals surface area contributed by atoms with Gasteiger partial charge in [-0.25, -0.2) is 0 Å². The number of carbonyl (C=O) groups excluding carboxylic acids is 1. The number of aromatic nitrogens is 1. The van der Waals surface area contributed by atoms with Crippen LogP contribution in [0, 0.1) is 5.92 Å². The van der Waals surface area contributed by atoms with Crippen molar-refractivity contribution in [2.45, 2.75) is 26.8 Å². The van der Waals surface area contributed by atoms with E-state index in [0.717, 1.165) is 5.56 Å². The van der Waals surface area contributed by atoms with Crippen molar-refractivity contribution in [2.24, 2.45) is 5.92 Å². The van der Waals surface area contributed by atoms with Crippen LogP contribution in [-0.4, -0.2) is 11.0 Å². The van der Waals surface area contributed by atoms with Crippen molar-refractivity contribution in [3.8, 4) is 0 Å². The number of nitrogens with one attached hydrogen (secondary N) is 1. The lowest BCUT2D eigenvalue weighted by atomic mass is 10.1. The first-order valence-corrected chi connectivity index (χ1v) is 5.00. The largest absolute Gasteiger partial charge is 0.370 e. The molecule has 0 aliphatic carbocycles. The molecule has 5 heteroatoms. The zero-order valence-electron chi connectivity index (χ0n) is 9.47. The molecule has 0 bridgehead atoms. The molecule has 0 saturated carbocycles. The maximum atomic E-state index is 11.1. The van der Waals surface area contributed by atoms with Gasteiger partial charge in [-0.1, -0.05) is 19.9 Å². The minimum absolute atomic E-state index is 0. The second kappa shape index (κ2) is 8.07. The Hall–Kier alpha value is -1.13. The number of hydrogen-bond donors (Lipinski definition) is 1. The fraction of sp³-hybridized carbons (Fsp3) is 0.455. The lowest BCUT2D eigenvalue weighted by Crippen LogP contribution is -2.20. The van der Waals surface area contributed by atoms with Crippen LogP contribution in [0.3, 0.4) is 0 Å². The third-order valence-electron chi connectivity index (χ3n) is 1.76. The average Bonchev–Trinajstić information content (AvgIpc) is 2.18. The van der Waals surface area contributed by atoms with Crippen molar-refractivity contribution in [1.82, 2.24) is 10.5 Å². The van der Waals surface area contributed by atoms with E-state index in [0.29, 0.717) is 18.9 Å². The molecule has 1 N–H and O–H groups in total. The minimum Gasteiger partial charge on any atom is -0.370 e. The van der Waals surface area contributed by atoms with Crippen molar-refractivity contribution >= 4 is 18.4 Å². The summed E-state index contributed by atoms with van der Waals surface area (Å²) in [6.07, 6.45) is 3.86. The highest BCUT2D eigenvalue weighted by Gasteiger charge is 2.05. The van der Waals surface area contributed by atoms with E-state index in [1.54, 1.807) is 12.4 Å². The molecule has 1 aromatic heterocycles. The standard InChI is InChI=1S/C11H16N2O2.ClH/c1-9(2)6-11(14)15-13-8-10-4-3-5-12-7-10;/h3-5,7,9,13H,6,8H2,1-2H3;1H. The highest BCUT2D eigenvalue weighted by molar-refractivity contribution is 5.85. The monoisotopic (exact) mass is 244 g/mol. The predicted octanol–water partition coefficient (Wildman–Crippen LogP) is 2.10. The van der Waals surface area contributed by atoms with Crippen molar-refractivity contribution in [3.63, 3.8) is 0 Å². The van der Waals surface area contributed by atoms with Crippen LogP contribution in [0.1, 0.15) is 25.8 Å². The van der Waals surface area contributed by atoms with Crippen LogP contribution >= 0.6 is 12.4 Å². The van der Waals surface area contributed by atoms with Gasteiger partial charge < -0.3 is 4.84 Å².